The Labute approximate surface area is 198 Å². The van der Waals surface area contributed by atoms with Crippen molar-refractivity contribution in [1.82, 2.24) is 9.29 Å². The summed E-state index contributed by atoms with van der Waals surface area (Å²) >= 11 is 0. The molecule has 0 radical (unpaired) electrons. The third-order valence-corrected chi connectivity index (χ3v) is 7.65. The average molecular weight is 471 g/mol. The molecule has 0 unspecified atom stereocenters. The fraction of sp³-hybridized carbons (Fsp3) is 0.154. The largest absolute Gasteiger partial charge is 0.435 e. The molecule has 0 amide bonds. The van der Waals surface area contributed by atoms with Gasteiger partial charge >= 0.3 is 0 Å². The fourth-order valence-electron chi connectivity index (χ4n) is 4.09. The van der Waals surface area contributed by atoms with Crippen LogP contribution in [-0.2, 0) is 10.0 Å². The van der Waals surface area contributed by atoms with Crippen LogP contribution in [0.25, 0.3) is 22.8 Å². The van der Waals surface area contributed by atoms with Crippen LogP contribution in [0.4, 0.5) is 5.69 Å². The molecule has 0 aliphatic carbocycles. The van der Waals surface area contributed by atoms with Crippen molar-refractivity contribution in [3.05, 3.63) is 90.5 Å². The molecule has 7 nitrogen and oxygen atoms in total. The van der Waals surface area contributed by atoms with Gasteiger partial charge in [-0.3, -0.25) is 0 Å². The molecule has 34 heavy (non-hydrogen) atoms. The number of anilines is 1. The second-order valence-electron chi connectivity index (χ2n) is 7.91. The molecule has 1 aliphatic heterocycles. The highest BCUT2D eigenvalue weighted by atomic mass is 32.2. The molecule has 0 atom stereocenters. The molecule has 1 fully saturated rings. The summed E-state index contributed by atoms with van der Waals surface area (Å²) in [6.45, 7) is 1.51. The summed E-state index contributed by atoms with van der Waals surface area (Å²) in [6.07, 6.45) is 0. The lowest BCUT2D eigenvalue weighted by molar-refractivity contribution is 0.383. The lowest BCUT2D eigenvalue weighted by atomic mass is 10.1. The van der Waals surface area contributed by atoms with Crippen molar-refractivity contribution in [3.63, 3.8) is 0 Å². The van der Waals surface area contributed by atoms with E-state index < -0.39 is 10.0 Å². The number of hydrogen-bond donors (Lipinski definition) is 0. The number of nitrogens with zero attached hydrogens (tertiary/aromatic N) is 4. The number of hydrogen-bond acceptors (Lipinski definition) is 6. The molecule has 0 saturated carbocycles. The zero-order valence-corrected chi connectivity index (χ0v) is 19.1. The first-order valence-electron chi connectivity index (χ1n) is 10.9. The Balaban J connectivity index is 1.47. The van der Waals surface area contributed by atoms with Gasteiger partial charge in [0, 0.05) is 37.3 Å². The standard InChI is InChI=1S/C26H22N4O3S/c27-19-22-13-7-8-14-23(22)29-15-17-30(18-16-29)34(31,32)26-24(20-9-3-1-4-10-20)33-25(28-26)21-11-5-2-6-12-21/h1-14H,15-18H2. The van der Waals surface area contributed by atoms with Gasteiger partial charge in [0.25, 0.3) is 10.0 Å². The lowest BCUT2D eigenvalue weighted by Crippen LogP contribution is -2.49. The second kappa shape index (κ2) is 9.14. The van der Waals surface area contributed by atoms with Crippen LogP contribution in [-0.4, -0.2) is 43.9 Å². The maximum atomic E-state index is 13.7. The summed E-state index contributed by atoms with van der Waals surface area (Å²) < 4.78 is 34.9. The molecule has 170 valence electrons. The summed E-state index contributed by atoms with van der Waals surface area (Å²) in [5, 5.41) is 9.33. The molecule has 5 rings (SSSR count). The quantitative estimate of drug-likeness (QED) is 0.430. The SMILES string of the molecule is N#Cc1ccccc1N1CCN(S(=O)(=O)c2nc(-c3ccccc3)oc2-c2ccccc2)CC1. The van der Waals surface area contributed by atoms with Gasteiger partial charge in [-0.1, -0.05) is 60.7 Å². The third kappa shape index (κ3) is 4.07. The van der Waals surface area contributed by atoms with Gasteiger partial charge in [-0.2, -0.15) is 14.6 Å². The highest BCUT2D eigenvalue weighted by Crippen LogP contribution is 2.34. The summed E-state index contributed by atoms with van der Waals surface area (Å²) in [4.78, 5) is 6.50. The van der Waals surface area contributed by atoms with Crippen LogP contribution in [0.1, 0.15) is 5.56 Å². The third-order valence-electron chi connectivity index (χ3n) is 5.84. The smallest absolute Gasteiger partial charge is 0.264 e. The van der Waals surface area contributed by atoms with E-state index in [2.05, 4.69) is 11.1 Å². The first-order valence-corrected chi connectivity index (χ1v) is 12.4. The zero-order valence-electron chi connectivity index (χ0n) is 18.3. The van der Waals surface area contributed by atoms with Gasteiger partial charge in [0.2, 0.25) is 10.9 Å². The van der Waals surface area contributed by atoms with Crippen LogP contribution < -0.4 is 4.90 Å². The minimum Gasteiger partial charge on any atom is -0.435 e. The number of piperazine rings is 1. The zero-order chi connectivity index (χ0) is 23.5. The first-order chi connectivity index (χ1) is 16.6. The molecule has 0 spiro atoms. The van der Waals surface area contributed by atoms with E-state index in [-0.39, 0.29) is 29.8 Å². The molecule has 1 aromatic heterocycles. The number of oxazole rings is 1. The Hall–Kier alpha value is -3.93. The molecule has 1 saturated heterocycles. The van der Waals surface area contributed by atoms with E-state index in [1.54, 1.807) is 6.07 Å². The van der Waals surface area contributed by atoms with Gasteiger partial charge in [-0.05, 0) is 24.3 Å². The number of benzene rings is 3. The van der Waals surface area contributed by atoms with Gasteiger partial charge in [-0.25, -0.2) is 8.42 Å². The van der Waals surface area contributed by atoms with E-state index in [9.17, 15) is 13.7 Å². The van der Waals surface area contributed by atoms with Crippen molar-refractivity contribution in [2.24, 2.45) is 0 Å². The van der Waals surface area contributed by atoms with E-state index in [1.165, 1.54) is 4.31 Å². The van der Waals surface area contributed by atoms with E-state index in [4.69, 9.17) is 4.42 Å². The van der Waals surface area contributed by atoms with Gasteiger partial charge in [0.15, 0.2) is 5.76 Å². The molecule has 0 bridgehead atoms. The highest BCUT2D eigenvalue weighted by Gasteiger charge is 2.35. The molecule has 8 heteroatoms. The lowest BCUT2D eigenvalue weighted by Gasteiger charge is -2.35. The number of sulfonamides is 1. The van der Waals surface area contributed by atoms with E-state index in [0.29, 0.717) is 29.8 Å². The van der Waals surface area contributed by atoms with Crippen LogP contribution in [0.15, 0.2) is 94.4 Å². The number of rotatable bonds is 5. The number of nitriles is 1. The van der Waals surface area contributed by atoms with Crippen molar-refractivity contribution < 1.29 is 12.8 Å². The number of aromatic nitrogens is 1. The molecule has 0 N–H and O–H groups in total. The first kappa shape index (κ1) is 21.9. The van der Waals surface area contributed by atoms with Crippen molar-refractivity contribution in [2.45, 2.75) is 5.03 Å². The van der Waals surface area contributed by atoms with Crippen LogP contribution in [0.5, 0.6) is 0 Å². The predicted molar refractivity (Wildman–Crippen MR) is 130 cm³/mol. The van der Waals surface area contributed by atoms with E-state index in [0.717, 1.165) is 5.69 Å². The molecule has 2 heterocycles. The van der Waals surface area contributed by atoms with Gasteiger partial charge in [-0.15, -0.1) is 0 Å². The normalized spacial score (nSPS) is 14.6. The molecule has 3 aromatic carbocycles. The maximum Gasteiger partial charge on any atom is 0.264 e. The van der Waals surface area contributed by atoms with Crippen LogP contribution in [0.2, 0.25) is 0 Å². The monoisotopic (exact) mass is 470 g/mol. The summed E-state index contributed by atoms with van der Waals surface area (Å²) in [5.74, 6) is 0.497. The van der Waals surface area contributed by atoms with Crippen LogP contribution >= 0.6 is 0 Å². The van der Waals surface area contributed by atoms with Crippen molar-refractivity contribution in [2.75, 3.05) is 31.1 Å². The van der Waals surface area contributed by atoms with Crippen LogP contribution in [0, 0.1) is 11.3 Å². The summed E-state index contributed by atoms with van der Waals surface area (Å²) in [7, 11) is -3.91. The van der Waals surface area contributed by atoms with Crippen molar-refractivity contribution in [3.8, 4) is 28.8 Å². The minimum absolute atomic E-state index is 0.0802. The van der Waals surface area contributed by atoms with Crippen molar-refractivity contribution >= 4 is 15.7 Å². The Morgan fingerprint density at radius 1 is 0.794 bits per heavy atom. The Morgan fingerprint density at radius 3 is 2.03 bits per heavy atom. The topological polar surface area (TPSA) is 90.4 Å². The van der Waals surface area contributed by atoms with Crippen LogP contribution in [0.3, 0.4) is 0 Å². The summed E-state index contributed by atoms with van der Waals surface area (Å²) in [5.41, 5.74) is 2.75. The van der Waals surface area contributed by atoms with Gasteiger partial charge in [0.05, 0.1) is 11.3 Å². The number of para-hydroxylation sites is 1. The predicted octanol–water partition coefficient (Wildman–Crippen LogP) is 4.39. The van der Waals surface area contributed by atoms with E-state index in [1.807, 2.05) is 83.8 Å². The fourth-order valence-corrected chi connectivity index (χ4v) is 5.57. The second-order valence-corrected chi connectivity index (χ2v) is 9.76. The van der Waals surface area contributed by atoms with Gasteiger partial charge in [0.1, 0.15) is 6.07 Å². The Bertz CT molecular complexity index is 1440. The average Bonchev–Trinajstić information content (AvgIpc) is 3.36. The molecule has 1 aliphatic rings. The Kier molecular flexibility index (Phi) is 5.88. The molecule has 4 aromatic rings. The Morgan fingerprint density at radius 2 is 1.38 bits per heavy atom. The molecular weight excluding hydrogens is 448 g/mol. The van der Waals surface area contributed by atoms with E-state index >= 15 is 0 Å². The van der Waals surface area contributed by atoms with Gasteiger partial charge < -0.3 is 9.32 Å². The summed E-state index contributed by atoms with van der Waals surface area (Å²) in [6, 6.07) is 28.0. The minimum atomic E-state index is -3.91. The highest BCUT2D eigenvalue weighted by molar-refractivity contribution is 7.89. The molecular formula is C26H22N4O3S. The van der Waals surface area contributed by atoms with Crippen molar-refractivity contribution in [1.29, 1.82) is 5.26 Å². The maximum absolute atomic E-state index is 13.7.